The lowest BCUT2D eigenvalue weighted by atomic mass is 10.2. The second-order valence-corrected chi connectivity index (χ2v) is 7.46. The molecule has 1 saturated heterocycles. The predicted molar refractivity (Wildman–Crippen MR) is 104 cm³/mol. The van der Waals surface area contributed by atoms with Crippen LogP contribution >= 0.6 is 15.9 Å². The Balaban J connectivity index is 1.31. The van der Waals surface area contributed by atoms with Crippen molar-refractivity contribution in [2.24, 2.45) is 0 Å². The number of aromatic nitrogens is 2. The first kappa shape index (κ1) is 17.4. The van der Waals surface area contributed by atoms with Crippen molar-refractivity contribution in [3.63, 3.8) is 0 Å². The highest BCUT2D eigenvalue weighted by Gasteiger charge is 2.19. The Morgan fingerprint density at radius 3 is 2.31 bits per heavy atom. The molecular formula is C20H21BrN4O. The molecule has 0 N–H and O–H groups in total. The second-order valence-electron chi connectivity index (χ2n) is 6.55. The van der Waals surface area contributed by atoms with E-state index >= 15 is 0 Å². The van der Waals surface area contributed by atoms with E-state index in [0.717, 1.165) is 42.8 Å². The van der Waals surface area contributed by atoms with E-state index in [0.29, 0.717) is 18.3 Å². The number of benzene rings is 2. The molecule has 2 heterocycles. The van der Waals surface area contributed by atoms with Gasteiger partial charge >= 0.3 is 0 Å². The molecule has 2 aromatic carbocycles. The van der Waals surface area contributed by atoms with Crippen molar-refractivity contribution in [3.05, 3.63) is 70.5 Å². The van der Waals surface area contributed by atoms with E-state index in [9.17, 15) is 0 Å². The van der Waals surface area contributed by atoms with E-state index < -0.39 is 0 Å². The van der Waals surface area contributed by atoms with Crippen LogP contribution in [0.5, 0.6) is 0 Å². The largest absolute Gasteiger partial charge is 0.419 e. The van der Waals surface area contributed by atoms with Crippen LogP contribution in [0.4, 0.5) is 0 Å². The monoisotopic (exact) mass is 412 g/mol. The van der Waals surface area contributed by atoms with Gasteiger partial charge in [0.05, 0.1) is 6.54 Å². The van der Waals surface area contributed by atoms with E-state index in [1.165, 1.54) is 5.56 Å². The van der Waals surface area contributed by atoms with Crippen LogP contribution in [-0.4, -0.2) is 46.2 Å². The minimum atomic E-state index is 0.573. The average molecular weight is 413 g/mol. The summed E-state index contributed by atoms with van der Waals surface area (Å²) >= 11 is 3.47. The molecule has 1 fully saturated rings. The summed E-state index contributed by atoms with van der Waals surface area (Å²) in [5, 5.41) is 8.41. The molecule has 5 nitrogen and oxygen atoms in total. The Kier molecular flexibility index (Phi) is 5.43. The third-order valence-corrected chi connectivity index (χ3v) is 5.10. The maximum absolute atomic E-state index is 5.85. The zero-order valence-corrected chi connectivity index (χ0v) is 16.1. The van der Waals surface area contributed by atoms with E-state index in [-0.39, 0.29) is 0 Å². The minimum absolute atomic E-state index is 0.573. The molecule has 0 atom stereocenters. The van der Waals surface area contributed by atoms with E-state index in [1.807, 2.05) is 24.3 Å². The van der Waals surface area contributed by atoms with Gasteiger partial charge in [-0.2, -0.15) is 0 Å². The summed E-state index contributed by atoms with van der Waals surface area (Å²) in [5.41, 5.74) is 2.31. The Hall–Kier alpha value is -2.02. The first-order chi connectivity index (χ1) is 12.8. The van der Waals surface area contributed by atoms with E-state index in [4.69, 9.17) is 4.42 Å². The molecule has 0 bridgehead atoms. The fourth-order valence-corrected chi connectivity index (χ4v) is 3.59. The lowest BCUT2D eigenvalue weighted by molar-refractivity contribution is 0.114. The summed E-state index contributed by atoms with van der Waals surface area (Å²) in [6, 6.07) is 18.6. The van der Waals surface area contributed by atoms with Crippen LogP contribution in [-0.2, 0) is 13.1 Å². The van der Waals surface area contributed by atoms with Gasteiger partial charge in [-0.05, 0) is 23.8 Å². The zero-order valence-electron chi connectivity index (χ0n) is 14.5. The Labute approximate surface area is 161 Å². The fraction of sp³-hybridized carbons (Fsp3) is 0.300. The standard InChI is InChI=1S/C20H21BrN4O/c21-18-8-4-7-17(13-18)20-23-22-19(26-20)15-25-11-9-24(10-12-25)14-16-5-2-1-3-6-16/h1-8,13H,9-12,14-15H2. The van der Waals surface area contributed by atoms with Crippen LogP contribution in [0.15, 0.2) is 63.5 Å². The summed E-state index contributed by atoms with van der Waals surface area (Å²) < 4.78 is 6.86. The Morgan fingerprint density at radius 1 is 0.846 bits per heavy atom. The Bertz CT molecular complexity index is 844. The number of hydrogen-bond acceptors (Lipinski definition) is 5. The number of piperazine rings is 1. The van der Waals surface area contributed by atoms with Gasteiger partial charge in [-0.3, -0.25) is 9.80 Å². The van der Waals surface area contributed by atoms with Gasteiger partial charge < -0.3 is 4.42 Å². The predicted octanol–water partition coefficient (Wildman–Crippen LogP) is 3.82. The minimum Gasteiger partial charge on any atom is -0.419 e. The van der Waals surface area contributed by atoms with Gasteiger partial charge in [-0.15, -0.1) is 10.2 Å². The van der Waals surface area contributed by atoms with Gasteiger partial charge in [0, 0.05) is 42.8 Å². The molecule has 134 valence electrons. The topological polar surface area (TPSA) is 45.4 Å². The summed E-state index contributed by atoms with van der Waals surface area (Å²) in [6.07, 6.45) is 0. The summed E-state index contributed by atoms with van der Waals surface area (Å²) in [4.78, 5) is 4.87. The highest BCUT2D eigenvalue weighted by atomic mass is 79.9. The van der Waals surface area contributed by atoms with Crippen molar-refractivity contribution in [1.29, 1.82) is 0 Å². The molecular weight excluding hydrogens is 392 g/mol. The van der Waals surface area contributed by atoms with E-state index in [2.05, 4.69) is 66.3 Å². The van der Waals surface area contributed by atoms with E-state index in [1.54, 1.807) is 0 Å². The van der Waals surface area contributed by atoms with Gasteiger partial charge in [-0.1, -0.05) is 52.3 Å². The highest BCUT2D eigenvalue weighted by molar-refractivity contribution is 9.10. The molecule has 1 aliphatic rings. The Morgan fingerprint density at radius 2 is 1.58 bits per heavy atom. The molecule has 0 amide bonds. The van der Waals surface area contributed by atoms with Crippen LogP contribution in [0.3, 0.4) is 0 Å². The van der Waals surface area contributed by atoms with Gasteiger partial charge in [-0.25, -0.2) is 0 Å². The number of rotatable bonds is 5. The third-order valence-electron chi connectivity index (χ3n) is 4.61. The zero-order chi connectivity index (χ0) is 17.8. The molecule has 0 radical (unpaired) electrons. The highest BCUT2D eigenvalue weighted by Crippen LogP contribution is 2.22. The van der Waals surface area contributed by atoms with Gasteiger partial charge in [0.2, 0.25) is 11.8 Å². The second kappa shape index (κ2) is 8.12. The number of halogens is 1. The van der Waals surface area contributed by atoms with Crippen LogP contribution in [0.2, 0.25) is 0 Å². The maximum Gasteiger partial charge on any atom is 0.247 e. The molecule has 1 aliphatic heterocycles. The molecule has 3 aromatic rings. The molecule has 0 aliphatic carbocycles. The quantitative estimate of drug-likeness (QED) is 0.637. The van der Waals surface area contributed by atoms with Gasteiger partial charge in [0.25, 0.3) is 0 Å². The summed E-state index contributed by atoms with van der Waals surface area (Å²) in [7, 11) is 0. The van der Waals surface area contributed by atoms with Gasteiger partial charge in [0.15, 0.2) is 0 Å². The third kappa shape index (κ3) is 4.38. The van der Waals surface area contributed by atoms with Crippen molar-refractivity contribution < 1.29 is 4.42 Å². The summed E-state index contributed by atoms with van der Waals surface area (Å²) in [6.45, 7) is 5.87. The van der Waals surface area contributed by atoms with Crippen molar-refractivity contribution in [1.82, 2.24) is 20.0 Å². The van der Waals surface area contributed by atoms with Crippen molar-refractivity contribution in [3.8, 4) is 11.5 Å². The SMILES string of the molecule is Brc1cccc(-c2nnc(CN3CCN(Cc4ccccc4)CC3)o2)c1. The van der Waals surface area contributed by atoms with Crippen molar-refractivity contribution >= 4 is 15.9 Å². The lowest BCUT2D eigenvalue weighted by Crippen LogP contribution is -2.45. The van der Waals surface area contributed by atoms with Gasteiger partial charge in [0.1, 0.15) is 0 Å². The molecule has 6 heteroatoms. The number of nitrogens with zero attached hydrogens (tertiary/aromatic N) is 4. The number of hydrogen-bond donors (Lipinski definition) is 0. The molecule has 0 unspecified atom stereocenters. The molecule has 4 rings (SSSR count). The summed E-state index contributed by atoms with van der Waals surface area (Å²) in [5.74, 6) is 1.25. The normalized spacial score (nSPS) is 16.0. The fourth-order valence-electron chi connectivity index (χ4n) is 3.19. The smallest absolute Gasteiger partial charge is 0.247 e. The first-order valence-corrected chi connectivity index (χ1v) is 9.62. The lowest BCUT2D eigenvalue weighted by Gasteiger charge is -2.33. The van der Waals surface area contributed by atoms with Crippen LogP contribution < -0.4 is 0 Å². The average Bonchev–Trinajstić information content (AvgIpc) is 3.13. The molecule has 0 spiro atoms. The first-order valence-electron chi connectivity index (χ1n) is 8.83. The molecule has 0 saturated carbocycles. The van der Waals surface area contributed by atoms with Crippen LogP contribution in [0.1, 0.15) is 11.5 Å². The van der Waals surface area contributed by atoms with Crippen LogP contribution in [0.25, 0.3) is 11.5 Å². The van der Waals surface area contributed by atoms with Crippen molar-refractivity contribution in [2.75, 3.05) is 26.2 Å². The molecule has 26 heavy (non-hydrogen) atoms. The van der Waals surface area contributed by atoms with Crippen molar-refractivity contribution in [2.45, 2.75) is 13.1 Å². The molecule has 1 aromatic heterocycles. The maximum atomic E-state index is 5.85. The van der Waals surface area contributed by atoms with Crippen LogP contribution in [0, 0.1) is 0 Å².